The Balaban J connectivity index is 2.19. The second-order valence-corrected chi connectivity index (χ2v) is 6.35. The van der Waals surface area contributed by atoms with Crippen molar-refractivity contribution in [2.24, 2.45) is 5.73 Å². The van der Waals surface area contributed by atoms with Gasteiger partial charge in [0.1, 0.15) is 11.9 Å². The molecule has 10 heteroatoms. The zero-order chi connectivity index (χ0) is 21.8. The first-order valence-corrected chi connectivity index (χ1v) is 8.37. The van der Waals surface area contributed by atoms with Crippen molar-refractivity contribution >= 4 is 11.9 Å². The van der Waals surface area contributed by atoms with Gasteiger partial charge in [-0.3, -0.25) is 4.79 Å². The van der Waals surface area contributed by atoms with Crippen LogP contribution >= 0.6 is 0 Å². The molecule has 29 heavy (non-hydrogen) atoms. The Kier molecular flexibility index (Phi) is 6.93. The van der Waals surface area contributed by atoms with Crippen LogP contribution in [0.2, 0.25) is 0 Å². The smallest absolute Gasteiger partial charge is 0.416 e. The number of aliphatic hydroxyl groups is 1. The van der Waals surface area contributed by atoms with E-state index in [-0.39, 0.29) is 12.5 Å². The summed E-state index contributed by atoms with van der Waals surface area (Å²) >= 11 is 0. The van der Waals surface area contributed by atoms with Crippen molar-refractivity contribution in [2.75, 3.05) is 0 Å². The molecule has 2 aromatic rings. The number of hydrogen-bond acceptors (Lipinski definition) is 4. The number of nitrogens with one attached hydrogen (secondary N) is 1. The molecule has 0 heterocycles. The van der Waals surface area contributed by atoms with Crippen LogP contribution in [0.25, 0.3) is 0 Å². The highest BCUT2D eigenvalue weighted by atomic mass is 19.4. The summed E-state index contributed by atoms with van der Waals surface area (Å²) in [6, 6.07) is 6.66. The van der Waals surface area contributed by atoms with Crippen molar-refractivity contribution < 1.29 is 37.4 Å². The van der Waals surface area contributed by atoms with E-state index in [9.17, 15) is 37.4 Å². The molecule has 156 valence electrons. The number of carbonyl (C=O) groups is 2. The first-order valence-electron chi connectivity index (χ1n) is 8.37. The van der Waals surface area contributed by atoms with Crippen molar-refractivity contribution in [1.82, 2.24) is 5.32 Å². The van der Waals surface area contributed by atoms with E-state index in [0.29, 0.717) is 17.7 Å². The Hall–Kier alpha value is -2.98. The molecule has 0 aliphatic heterocycles. The molecule has 0 spiro atoms. The van der Waals surface area contributed by atoms with Gasteiger partial charge in [-0.05, 0) is 35.7 Å². The number of aliphatic hydroxyl groups excluding tert-OH is 1. The zero-order valence-corrected chi connectivity index (χ0v) is 14.9. The molecular weight excluding hydrogens is 396 g/mol. The van der Waals surface area contributed by atoms with Gasteiger partial charge in [-0.1, -0.05) is 30.3 Å². The zero-order valence-electron chi connectivity index (χ0n) is 14.9. The molecule has 0 bridgehead atoms. The number of benzene rings is 2. The van der Waals surface area contributed by atoms with Crippen LogP contribution < -0.4 is 11.1 Å². The summed E-state index contributed by atoms with van der Waals surface area (Å²) in [6.45, 7) is 0. The normalized spacial score (nSPS) is 14.7. The number of aliphatic carboxylic acids is 1. The minimum atomic E-state index is -4.92. The van der Waals surface area contributed by atoms with E-state index in [1.165, 1.54) is 0 Å². The Morgan fingerprint density at radius 1 is 1.10 bits per heavy atom. The lowest BCUT2D eigenvalue weighted by molar-refractivity contribution is -0.144. The average Bonchev–Trinajstić information content (AvgIpc) is 2.64. The summed E-state index contributed by atoms with van der Waals surface area (Å²) in [5.74, 6) is -4.27. The van der Waals surface area contributed by atoms with Crippen molar-refractivity contribution in [2.45, 2.75) is 30.8 Å². The van der Waals surface area contributed by atoms with Crippen molar-refractivity contribution in [3.05, 3.63) is 71.0 Å². The Labute approximate surface area is 163 Å². The maximum atomic E-state index is 13.6. The van der Waals surface area contributed by atoms with Gasteiger partial charge in [-0.2, -0.15) is 13.2 Å². The lowest BCUT2D eigenvalue weighted by atomic mass is 10.00. The van der Waals surface area contributed by atoms with E-state index in [0.717, 1.165) is 0 Å². The van der Waals surface area contributed by atoms with Crippen molar-refractivity contribution in [3.8, 4) is 0 Å². The number of hydrogen-bond donors (Lipinski definition) is 4. The maximum absolute atomic E-state index is 13.6. The van der Waals surface area contributed by atoms with Gasteiger partial charge in [0, 0.05) is 6.04 Å². The van der Waals surface area contributed by atoms with Crippen LogP contribution in [-0.2, 0) is 22.2 Å². The molecule has 2 rings (SSSR count). The lowest BCUT2D eigenvalue weighted by Gasteiger charge is -2.22. The van der Waals surface area contributed by atoms with Gasteiger partial charge in [0.2, 0.25) is 0 Å². The van der Waals surface area contributed by atoms with Crippen LogP contribution in [0.5, 0.6) is 0 Å². The van der Waals surface area contributed by atoms with E-state index in [1.54, 1.807) is 30.3 Å². The van der Waals surface area contributed by atoms with Gasteiger partial charge < -0.3 is 21.3 Å². The molecule has 0 aromatic heterocycles. The number of alkyl halides is 3. The standard InChI is InChI=1S/C19H18F4N2O4/c20-13-8-11(7-12(9-13)19(21,22)23)15(18(28)29)25-17(27)16(26)14(24)6-10-4-2-1-3-5-10/h1-5,7-9,14-16,26H,6,24H2,(H,25,27)(H,28,29)/t14-,15-,16+/m1/s1. The molecule has 0 unspecified atom stereocenters. The first-order chi connectivity index (χ1) is 13.5. The quantitative estimate of drug-likeness (QED) is 0.518. The highest BCUT2D eigenvalue weighted by Gasteiger charge is 2.34. The van der Waals surface area contributed by atoms with E-state index in [4.69, 9.17) is 5.73 Å². The number of nitrogens with two attached hydrogens (primary N) is 1. The van der Waals surface area contributed by atoms with Gasteiger partial charge in [0.15, 0.2) is 6.04 Å². The van der Waals surface area contributed by atoms with E-state index in [1.807, 2.05) is 5.32 Å². The Morgan fingerprint density at radius 2 is 1.72 bits per heavy atom. The van der Waals surface area contributed by atoms with Crippen LogP contribution in [0.4, 0.5) is 17.6 Å². The second kappa shape index (κ2) is 9.01. The number of carbonyl (C=O) groups excluding carboxylic acids is 1. The first kappa shape index (κ1) is 22.3. The van der Waals surface area contributed by atoms with Gasteiger partial charge in [-0.15, -0.1) is 0 Å². The van der Waals surface area contributed by atoms with Gasteiger partial charge >= 0.3 is 12.1 Å². The monoisotopic (exact) mass is 414 g/mol. The van der Waals surface area contributed by atoms with Crippen LogP contribution in [0.3, 0.4) is 0 Å². The highest BCUT2D eigenvalue weighted by molar-refractivity contribution is 5.87. The fourth-order valence-electron chi connectivity index (χ4n) is 2.65. The molecule has 1 amide bonds. The SMILES string of the molecule is N[C@H](Cc1ccccc1)[C@H](O)C(=O)N[C@@H](C(=O)O)c1cc(F)cc(C(F)(F)F)c1. The maximum Gasteiger partial charge on any atom is 0.416 e. The molecule has 6 nitrogen and oxygen atoms in total. The van der Waals surface area contributed by atoms with E-state index in [2.05, 4.69) is 0 Å². The second-order valence-electron chi connectivity index (χ2n) is 6.35. The fourth-order valence-corrected chi connectivity index (χ4v) is 2.65. The molecule has 0 aliphatic carbocycles. The third kappa shape index (κ3) is 6.00. The van der Waals surface area contributed by atoms with E-state index < -0.39 is 53.2 Å². The molecule has 0 saturated carbocycles. The summed E-state index contributed by atoms with van der Waals surface area (Å²) < 4.78 is 52.1. The van der Waals surface area contributed by atoms with Gasteiger partial charge in [-0.25, -0.2) is 9.18 Å². The summed E-state index contributed by atoms with van der Waals surface area (Å²) in [4.78, 5) is 23.7. The third-order valence-electron chi connectivity index (χ3n) is 4.10. The molecule has 0 radical (unpaired) electrons. The predicted octanol–water partition coefficient (Wildman–Crippen LogP) is 2.02. The number of rotatable bonds is 7. The Bertz CT molecular complexity index is 874. The number of halogens is 4. The molecule has 5 N–H and O–H groups in total. The summed E-state index contributed by atoms with van der Waals surface area (Å²) in [7, 11) is 0. The number of amides is 1. The topological polar surface area (TPSA) is 113 Å². The van der Waals surface area contributed by atoms with Crippen LogP contribution in [-0.4, -0.2) is 34.2 Å². The van der Waals surface area contributed by atoms with Gasteiger partial charge in [0.05, 0.1) is 5.56 Å². The Morgan fingerprint density at radius 3 is 2.28 bits per heavy atom. The number of carboxylic acid groups (broad SMARTS) is 1. The minimum absolute atomic E-state index is 0.0886. The average molecular weight is 414 g/mol. The minimum Gasteiger partial charge on any atom is -0.479 e. The van der Waals surface area contributed by atoms with Crippen LogP contribution in [0.1, 0.15) is 22.7 Å². The lowest BCUT2D eigenvalue weighted by Crippen LogP contribution is -2.49. The molecule has 0 fully saturated rings. The number of carboxylic acids is 1. The van der Waals surface area contributed by atoms with E-state index >= 15 is 0 Å². The van der Waals surface area contributed by atoms with Crippen LogP contribution in [0, 0.1) is 5.82 Å². The molecule has 3 atom stereocenters. The summed E-state index contributed by atoms with van der Waals surface area (Å²) in [5, 5.41) is 21.3. The summed E-state index contributed by atoms with van der Waals surface area (Å²) in [5.41, 5.74) is 4.44. The molecule has 0 aliphatic rings. The molecule has 0 saturated heterocycles. The van der Waals surface area contributed by atoms with Crippen molar-refractivity contribution in [3.63, 3.8) is 0 Å². The summed E-state index contributed by atoms with van der Waals surface area (Å²) in [6.07, 6.45) is -6.67. The van der Waals surface area contributed by atoms with Crippen LogP contribution in [0.15, 0.2) is 48.5 Å². The highest BCUT2D eigenvalue weighted by Crippen LogP contribution is 2.31. The predicted molar refractivity (Wildman–Crippen MR) is 94.0 cm³/mol. The molecule has 2 aromatic carbocycles. The van der Waals surface area contributed by atoms with Gasteiger partial charge in [0.25, 0.3) is 5.91 Å². The molecular formula is C19H18F4N2O4. The van der Waals surface area contributed by atoms with Crippen molar-refractivity contribution in [1.29, 1.82) is 0 Å². The largest absolute Gasteiger partial charge is 0.479 e. The fraction of sp³-hybridized carbons (Fsp3) is 0.263. The third-order valence-corrected chi connectivity index (χ3v) is 4.10.